The number of carbonyl (C=O) groups excluding carboxylic acids is 1. The minimum absolute atomic E-state index is 0.202. The van der Waals surface area contributed by atoms with Crippen LogP contribution in [0.15, 0.2) is 24.3 Å². The molecule has 0 spiro atoms. The van der Waals surface area contributed by atoms with Crippen LogP contribution in [0.1, 0.15) is 49.7 Å². The van der Waals surface area contributed by atoms with E-state index in [1.165, 1.54) is 6.42 Å². The quantitative estimate of drug-likeness (QED) is 0.432. The van der Waals surface area contributed by atoms with E-state index in [9.17, 15) is 14.7 Å². The van der Waals surface area contributed by atoms with Gasteiger partial charge in [0.15, 0.2) is 0 Å². The lowest BCUT2D eigenvalue weighted by Crippen LogP contribution is -2.43. The number of benzene rings is 1. The van der Waals surface area contributed by atoms with Gasteiger partial charge >= 0.3 is 5.97 Å². The van der Waals surface area contributed by atoms with Gasteiger partial charge in [-0.3, -0.25) is 14.8 Å². The Kier molecular flexibility index (Phi) is 7.21. The van der Waals surface area contributed by atoms with Crippen molar-refractivity contribution < 1.29 is 19.9 Å². The zero-order valence-electron chi connectivity index (χ0n) is 13.8. The molecule has 4 N–H and O–H groups in total. The molecule has 1 amide bonds. The summed E-state index contributed by atoms with van der Waals surface area (Å²) >= 11 is 0. The summed E-state index contributed by atoms with van der Waals surface area (Å²) in [6, 6.07) is 7.23. The van der Waals surface area contributed by atoms with E-state index in [2.05, 4.69) is 5.32 Å². The van der Waals surface area contributed by atoms with Crippen LogP contribution >= 0.6 is 0 Å². The van der Waals surface area contributed by atoms with E-state index >= 15 is 0 Å². The summed E-state index contributed by atoms with van der Waals surface area (Å²) in [7, 11) is 0. The highest BCUT2D eigenvalue weighted by Gasteiger charge is 2.28. The molecule has 1 atom stereocenters. The standard InChI is InChI=1S/C18H26N2O4/c21-16(20-24)10-9-13-5-4-6-14(11-13)12-19-17(18(22)23)15-7-2-1-3-8-15/h4-6,11,15,17,19,24H,1-3,7-10,12H2,(H,20,21)(H,22,23)/t17-/m0/s1. The van der Waals surface area contributed by atoms with Crippen LogP contribution in [0.2, 0.25) is 0 Å². The molecule has 0 aromatic heterocycles. The third-order valence-corrected chi connectivity index (χ3v) is 4.67. The molecule has 0 unspecified atom stereocenters. The molecule has 0 radical (unpaired) electrons. The molecule has 132 valence electrons. The van der Waals surface area contributed by atoms with E-state index in [1.54, 1.807) is 5.48 Å². The first-order valence-electron chi connectivity index (χ1n) is 8.57. The molecule has 6 nitrogen and oxygen atoms in total. The molecule has 1 aromatic carbocycles. The van der Waals surface area contributed by atoms with Crippen LogP contribution < -0.4 is 10.8 Å². The van der Waals surface area contributed by atoms with Crippen molar-refractivity contribution in [3.63, 3.8) is 0 Å². The molecule has 1 saturated carbocycles. The highest BCUT2D eigenvalue weighted by Crippen LogP contribution is 2.26. The van der Waals surface area contributed by atoms with Crippen molar-refractivity contribution in [3.8, 4) is 0 Å². The molecular weight excluding hydrogens is 308 g/mol. The van der Waals surface area contributed by atoms with Crippen molar-refractivity contribution in [1.82, 2.24) is 10.8 Å². The van der Waals surface area contributed by atoms with Gasteiger partial charge in [-0.25, -0.2) is 5.48 Å². The zero-order valence-corrected chi connectivity index (χ0v) is 13.8. The molecule has 1 fully saturated rings. The lowest BCUT2D eigenvalue weighted by molar-refractivity contribution is -0.141. The van der Waals surface area contributed by atoms with Crippen molar-refractivity contribution in [2.45, 2.75) is 57.5 Å². The van der Waals surface area contributed by atoms with Crippen molar-refractivity contribution in [3.05, 3.63) is 35.4 Å². The van der Waals surface area contributed by atoms with Crippen molar-refractivity contribution >= 4 is 11.9 Å². The summed E-state index contributed by atoms with van der Waals surface area (Å²) in [5.41, 5.74) is 3.61. The Morgan fingerprint density at radius 2 is 1.88 bits per heavy atom. The average molecular weight is 334 g/mol. The largest absolute Gasteiger partial charge is 0.480 e. The summed E-state index contributed by atoms with van der Waals surface area (Å²) in [6.45, 7) is 0.494. The molecule has 6 heteroatoms. The molecule has 0 aliphatic heterocycles. The van der Waals surface area contributed by atoms with Crippen molar-refractivity contribution in [2.24, 2.45) is 5.92 Å². The fourth-order valence-electron chi connectivity index (χ4n) is 3.36. The second-order valence-electron chi connectivity index (χ2n) is 6.45. The number of aliphatic carboxylic acids is 1. The van der Waals surface area contributed by atoms with Gasteiger partial charge in [0.2, 0.25) is 5.91 Å². The molecule has 0 bridgehead atoms. The smallest absolute Gasteiger partial charge is 0.320 e. The maximum atomic E-state index is 11.6. The Morgan fingerprint density at radius 3 is 2.54 bits per heavy atom. The summed E-state index contributed by atoms with van der Waals surface area (Å²) in [5.74, 6) is -0.993. The first kappa shape index (κ1) is 18.4. The Hall–Kier alpha value is -1.92. The van der Waals surface area contributed by atoms with Crippen molar-refractivity contribution in [1.29, 1.82) is 0 Å². The minimum atomic E-state index is -0.780. The molecule has 1 aromatic rings. The van der Waals surface area contributed by atoms with E-state index in [0.717, 1.165) is 36.8 Å². The van der Waals surface area contributed by atoms with Crippen molar-refractivity contribution in [2.75, 3.05) is 0 Å². The third-order valence-electron chi connectivity index (χ3n) is 4.67. The monoisotopic (exact) mass is 334 g/mol. The normalized spacial score (nSPS) is 16.5. The lowest BCUT2D eigenvalue weighted by atomic mass is 9.84. The topological polar surface area (TPSA) is 98.7 Å². The van der Waals surface area contributed by atoms with Gasteiger partial charge in [-0.1, -0.05) is 43.5 Å². The number of aryl methyl sites for hydroxylation is 1. The first-order valence-corrected chi connectivity index (χ1v) is 8.57. The maximum Gasteiger partial charge on any atom is 0.320 e. The second-order valence-corrected chi connectivity index (χ2v) is 6.45. The number of hydrogen-bond donors (Lipinski definition) is 4. The van der Waals surface area contributed by atoms with Gasteiger partial charge in [-0.15, -0.1) is 0 Å². The lowest BCUT2D eigenvalue weighted by Gasteiger charge is -2.28. The molecule has 2 rings (SSSR count). The number of amides is 1. The zero-order chi connectivity index (χ0) is 17.4. The number of nitrogens with one attached hydrogen (secondary N) is 2. The summed E-state index contributed by atoms with van der Waals surface area (Å²) < 4.78 is 0. The predicted molar refractivity (Wildman–Crippen MR) is 89.5 cm³/mol. The number of rotatable bonds is 8. The SMILES string of the molecule is O=C(CCc1cccc(CN[C@H](C(=O)O)C2CCCCC2)c1)NO. The second kappa shape index (κ2) is 9.39. The van der Waals surface area contributed by atoms with Gasteiger partial charge in [-0.2, -0.15) is 0 Å². The van der Waals surface area contributed by atoms with Crippen LogP contribution in [0.3, 0.4) is 0 Å². The predicted octanol–water partition coefficient (Wildman–Crippen LogP) is 2.25. The number of carboxylic acids is 1. The van der Waals surface area contributed by atoms with Gasteiger partial charge in [0.1, 0.15) is 6.04 Å². The number of carbonyl (C=O) groups is 2. The van der Waals surface area contributed by atoms with Gasteiger partial charge in [0.05, 0.1) is 0 Å². The van der Waals surface area contributed by atoms with Crippen LogP contribution in [-0.4, -0.2) is 28.2 Å². The van der Waals surface area contributed by atoms with E-state index in [4.69, 9.17) is 5.21 Å². The summed E-state index contributed by atoms with van der Waals surface area (Å²) in [5, 5.41) is 21.2. The van der Waals surface area contributed by atoms with E-state index in [0.29, 0.717) is 13.0 Å². The summed E-state index contributed by atoms with van der Waals surface area (Å²) in [6.07, 6.45) is 6.11. The number of hydroxylamine groups is 1. The van der Waals surface area contributed by atoms with E-state index in [-0.39, 0.29) is 12.3 Å². The van der Waals surface area contributed by atoms with Gasteiger partial charge in [-0.05, 0) is 36.3 Å². The highest BCUT2D eigenvalue weighted by molar-refractivity contribution is 5.75. The Morgan fingerprint density at radius 1 is 1.17 bits per heavy atom. The first-order chi connectivity index (χ1) is 11.6. The Labute approximate surface area is 142 Å². The number of hydrogen-bond acceptors (Lipinski definition) is 4. The maximum absolute atomic E-state index is 11.6. The van der Waals surface area contributed by atoms with Crippen LogP contribution in [-0.2, 0) is 22.6 Å². The fraction of sp³-hybridized carbons (Fsp3) is 0.556. The minimum Gasteiger partial charge on any atom is -0.480 e. The fourth-order valence-corrected chi connectivity index (χ4v) is 3.36. The third kappa shape index (κ3) is 5.62. The Balaban J connectivity index is 1.91. The van der Waals surface area contributed by atoms with Gasteiger partial charge < -0.3 is 10.4 Å². The number of carboxylic acid groups (broad SMARTS) is 1. The molecule has 1 aliphatic rings. The summed E-state index contributed by atoms with van der Waals surface area (Å²) in [4.78, 5) is 22.7. The Bertz CT molecular complexity index is 556. The van der Waals surface area contributed by atoms with Crippen LogP contribution in [0, 0.1) is 5.92 Å². The molecule has 24 heavy (non-hydrogen) atoms. The van der Waals surface area contributed by atoms with Crippen LogP contribution in [0.5, 0.6) is 0 Å². The van der Waals surface area contributed by atoms with Crippen LogP contribution in [0.25, 0.3) is 0 Å². The van der Waals surface area contributed by atoms with E-state index < -0.39 is 17.9 Å². The molecular formula is C18H26N2O4. The van der Waals surface area contributed by atoms with Gasteiger partial charge in [0, 0.05) is 13.0 Å². The van der Waals surface area contributed by atoms with Gasteiger partial charge in [0.25, 0.3) is 0 Å². The highest BCUT2D eigenvalue weighted by atomic mass is 16.5. The molecule has 0 saturated heterocycles. The molecule has 0 heterocycles. The average Bonchev–Trinajstić information content (AvgIpc) is 2.61. The van der Waals surface area contributed by atoms with Crippen LogP contribution in [0.4, 0.5) is 0 Å². The molecule has 1 aliphatic carbocycles. The van der Waals surface area contributed by atoms with E-state index in [1.807, 2.05) is 24.3 Å².